The first-order valence-electron chi connectivity index (χ1n) is 7.31. The van der Waals surface area contributed by atoms with Gasteiger partial charge in [0.1, 0.15) is 0 Å². The molecule has 0 aliphatic carbocycles. The summed E-state index contributed by atoms with van der Waals surface area (Å²) in [7, 11) is 0. The standard InChI is InChI=1S/C16H23N3O/c20-13-6-2-1-5-10-17-14-15-8-3-4-9-16(15)19-12-7-11-18-19/h3-4,7-9,11-12,17,20H,1-2,5-6,10,13-14H2. The molecule has 0 bridgehead atoms. The number of hydrogen-bond donors (Lipinski definition) is 2. The summed E-state index contributed by atoms with van der Waals surface area (Å²) < 4.78 is 1.90. The molecule has 4 nitrogen and oxygen atoms in total. The maximum absolute atomic E-state index is 8.71. The van der Waals surface area contributed by atoms with Gasteiger partial charge in [0, 0.05) is 25.5 Å². The zero-order valence-electron chi connectivity index (χ0n) is 11.8. The number of para-hydroxylation sites is 1. The Balaban J connectivity index is 1.79. The van der Waals surface area contributed by atoms with Gasteiger partial charge in [-0.3, -0.25) is 0 Å². The van der Waals surface area contributed by atoms with E-state index in [0.717, 1.165) is 38.0 Å². The Kier molecular flexibility index (Phi) is 6.27. The molecule has 0 fully saturated rings. The van der Waals surface area contributed by atoms with Gasteiger partial charge in [-0.2, -0.15) is 5.10 Å². The molecule has 0 aliphatic rings. The molecule has 0 spiro atoms. The molecule has 20 heavy (non-hydrogen) atoms. The maximum atomic E-state index is 8.71. The van der Waals surface area contributed by atoms with E-state index in [1.54, 1.807) is 6.20 Å². The largest absolute Gasteiger partial charge is 0.396 e. The Morgan fingerprint density at radius 3 is 2.70 bits per heavy atom. The summed E-state index contributed by atoms with van der Waals surface area (Å²) in [5.74, 6) is 0. The molecule has 1 heterocycles. The van der Waals surface area contributed by atoms with Gasteiger partial charge >= 0.3 is 0 Å². The summed E-state index contributed by atoms with van der Waals surface area (Å²) in [5.41, 5.74) is 2.39. The van der Waals surface area contributed by atoms with E-state index in [9.17, 15) is 0 Å². The van der Waals surface area contributed by atoms with Crippen LogP contribution in [0, 0.1) is 0 Å². The van der Waals surface area contributed by atoms with Crippen LogP contribution in [-0.4, -0.2) is 28.0 Å². The van der Waals surface area contributed by atoms with Gasteiger partial charge in [0.05, 0.1) is 5.69 Å². The Hall–Kier alpha value is -1.65. The summed E-state index contributed by atoms with van der Waals surface area (Å²) in [6, 6.07) is 10.3. The third-order valence-corrected chi connectivity index (χ3v) is 3.32. The van der Waals surface area contributed by atoms with E-state index in [-0.39, 0.29) is 0 Å². The number of hydrogen-bond acceptors (Lipinski definition) is 3. The molecule has 0 atom stereocenters. The van der Waals surface area contributed by atoms with Crippen LogP contribution in [-0.2, 0) is 6.54 Å². The number of benzene rings is 1. The number of nitrogens with zero attached hydrogens (tertiary/aromatic N) is 2. The fraction of sp³-hybridized carbons (Fsp3) is 0.438. The minimum Gasteiger partial charge on any atom is -0.396 e. The molecule has 1 aromatic heterocycles. The molecule has 4 heteroatoms. The second kappa shape index (κ2) is 8.51. The molecular weight excluding hydrogens is 250 g/mol. The van der Waals surface area contributed by atoms with Crippen LogP contribution in [0.1, 0.15) is 31.2 Å². The molecule has 0 unspecified atom stereocenters. The van der Waals surface area contributed by atoms with Crippen LogP contribution in [0.5, 0.6) is 0 Å². The molecule has 0 saturated carbocycles. The summed E-state index contributed by atoms with van der Waals surface area (Å²) in [6.45, 7) is 2.18. The fourth-order valence-electron chi connectivity index (χ4n) is 2.23. The van der Waals surface area contributed by atoms with Gasteiger partial charge < -0.3 is 10.4 Å². The lowest BCUT2D eigenvalue weighted by molar-refractivity contribution is 0.282. The van der Waals surface area contributed by atoms with Gasteiger partial charge in [-0.15, -0.1) is 0 Å². The van der Waals surface area contributed by atoms with E-state index in [1.165, 1.54) is 12.0 Å². The summed E-state index contributed by atoms with van der Waals surface area (Å²) in [5, 5.41) is 16.5. The Bertz CT molecular complexity index is 482. The normalized spacial score (nSPS) is 10.8. The van der Waals surface area contributed by atoms with Crippen LogP contribution in [0.15, 0.2) is 42.7 Å². The number of aromatic nitrogens is 2. The van der Waals surface area contributed by atoms with Crippen LogP contribution >= 0.6 is 0 Å². The average Bonchev–Trinajstić information content (AvgIpc) is 3.01. The molecule has 0 amide bonds. The van der Waals surface area contributed by atoms with Gasteiger partial charge in [0.15, 0.2) is 0 Å². The summed E-state index contributed by atoms with van der Waals surface area (Å²) in [6.07, 6.45) is 8.13. The Morgan fingerprint density at radius 2 is 1.90 bits per heavy atom. The van der Waals surface area contributed by atoms with E-state index in [2.05, 4.69) is 28.6 Å². The molecule has 0 aliphatic heterocycles. The lowest BCUT2D eigenvalue weighted by atomic mass is 10.1. The molecule has 108 valence electrons. The second-order valence-electron chi connectivity index (χ2n) is 4.89. The minimum atomic E-state index is 0.310. The van der Waals surface area contributed by atoms with Crippen LogP contribution in [0.4, 0.5) is 0 Å². The van der Waals surface area contributed by atoms with Crippen molar-refractivity contribution in [3.63, 3.8) is 0 Å². The van der Waals surface area contributed by atoms with E-state index in [4.69, 9.17) is 5.11 Å². The predicted molar refractivity (Wildman–Crippen MR) is 80.8 cm³/mol. The smallest absolute Gasteiger partial charge is 0.0690 e. The zero-order valence-corrected chi connectivity index (χ0v) is 11.8. The van der Waals surface area contributed by atoms with Crippen molar-refractivity contribution in [1.82, 2.24) is 15.1 Å². The highest BCUT2D eigenvalue weighted by Gasteiger charge is 2.03. The molecule has 2 rings (SSSR count). The van der Waals surface area contributed by atoms with E-state index in [1.807, 2.05) is 23.0 Å². The van der Waals surface area contributed by atoms with Crippen molar-refractivity contribution < 1.29 is 5.11 Å². The topological polar surface area (TPSA) is 50.1 Å². The highest BCUT2D eigenvalue weighted by molar-refractivity contribution is 5.40. The van der Waals surface area contributed by atoms with Crippen LogP contribution in [0.3, 0.4) is 0 Å². The molecule has 1 aromatic carbocycles. The first-order valence-corrected chi connectivity index (χ1v) is 7.31. The highest BCUT2D eigenvalue weighted by Crippen LogP contribution is 2.13. The monoisotopic (exact) mass is 273 g/mol. The number of nitrogens with one attached hydrogen (secondary N) is 1. The molecule has 0 radical (unpaired) electrons. The Labute approximate surface area is 120 Å². The van der Waals surface area contributed by atoms with Crippen molar-refractivity contribution in [1.29, 1.82) is 0 Å². The predicted octanol–water partition coefficient (Wildman–Crippen LogP) is 2.51. The van der Waals surface area contributed by atoms with Gasteiger partial charge in [0.25, 0.3) is 0 Å². The molecule has 2 N–H and O–H groups in total. The second-order valence-corrected chi connectivity index (χ2v) is 4.89. The maximum Gasteiger partial charge on any atom is 0.0690 e. The van der Waals surface area contributed by atoms with Gasteiger partial charge in [-0.25, -0.2) is 4.68 Å². The lowest BCUT2D eigenvalue weighted by Gasteiger charge is -2.10. The van der Waals surface area contributed by atoms with E-state index >= 15 is 0 Å². The van der Waals surface area contributed by atoms with Crippen molar-refractivity contribution >= 4 is 0 Å². The quantitative estimate of drug-likeness (QED) is 0.690. The SMILES string of the molecule is OCCCCCCNCc1ccccc1-n1cccn1. The lowest BCUT2D eigenvalue weighted by Crippen LogP contribution is -2.16. The Morgan fingerprint density at radius 1 is 1.05 bits per heavy atom. The molecule has 2 aromatic rings. The minimum absolute atomic E-state index is 0.310. The first kappa shape index (κ1) is 14.8. The van der Waals surface area contributed by atoms with Gasteiger partial charge in [0.2, 0.25) is 0 Å². The van der Waals surface area contributed by atoms with E-state index in [0.29, 0.717) is 6.61 Å². The number of aliphatic hydroxyl groups is 1. The van der Waals surface area contributed by atoms with Crippen LogP contribution in [0.25, 0.3) is 5.69 Å². The summed E-state index contributed by atoms with van der Waals surface area (Å²) >= 11 is 0. The van der Waals surface area contributed by atoms with Crippen molar-refractivity contribution in [2.24, 2.45) is 0 Å². The van der Waals surface area contributed by atoms with Crippen LogP contribution < -0.4 is 5.32 Å². The highest BCUT2D eigenvalue weighted by atomic mass is 16.2. The van der Waals surface area contributed by atoms with Crippen molar-refractivity contribution in [2.75, 3.05) is 13.2 Å². The number of unbranched alkanes of at least 4 members (excludes halogenated alkanes) is 3. The van der Waals surface area contributed by atoms with Gasteiger partial charge in [-0.05, 0) is 37.1 Å². The van der Waals surface area contributed by atoms with E-state index < -0.39 is 0 Å². The summed E-state index contributed by atoms with van der Waals surface area (Å²) in [4.78, 5) is 0. The number of aliphatic hydroxyl groups excluding tert-OH is 1. The molecular formula is C16H23N3O. The van der Waals surface area contributed by atoms with Gasteiger partial charge in [-0.1, -0.05) is 31.0 Å². The van der Waals surface area contributed by atoms with Crippen molar-refractivity contribution in [2.45, 2.75) is 32.2 Å². The third kappa shape index (κ3) is 4.47. The fourth-order valence-corrected chi connectivity index (χ4v) is 2.23. The molecule has 0 saturated heterocycles. The van der Waals surface area contributed by atoms with Crippen molar-refractivity contribution in [3.8, 4) is 5.69 Å². The zero-order chi connectivity index (χ0) is 14.0. The average molecular weight is 273 g/mol. The first-order chi connectivity index (χ1) is 9.92. The third-order valence-electron chi connectivity index (χ3n) is 3.32. The number of rotatable bonds is 9. The van der Waals surface area contributed by atoms with Crippen molar-refractivity contribution in [3.05, 3.63) is 48.3 Å². The van der Waals surface area contributed by atoms with Crippen LogP contribution in [0.2, 0.25) is 0 Å².